The quantitative estimate of drug-likeness (QED) is 0.787. The number of hydrogen-bond donors (Lipinski definition) is 2. The first-order valence-electron chi connectivity index (χ1n) is 6.79. The van der Waals surface area contributed by atoms with E-state index >= 15 is 0 Å². The third-order valence-corrected chi connectivity index (χ3v) is 3.03. The molecule has 0 saturated carbocycles. The molecule has 0 radical (unpaired) electrons. The first kappa shape index (κ1) is 15.6. The van der Waals surface area contributed by atoms with Gasteiger partial charge in [0.1, 0.15) is 5.69 Å². The summed E-state index contributed by atoms with van der Waals surface area (Å²) in [5.41, 5.74) is 0.389. The highest BCUT2D eigenvalue weighted by atomic mass is 16.5. The van der Waals surface area contributed by atoms with Crippen LogP contribution in [0.5, 0.6) is 0 Å². The summed E-state index contributed by atoms with van der Waals surface area (Å²) in [4.78, 5) is 34.9. The Labute approximate surface area is 126 Å². The third-order valence-electron chi connectivity index (χ3n) is 3.03. The lowest BCUT2D eigenvalue weighted by molar-refractivity contribution is -0.118. The van der Waals surface area contributed by atoms with E-state index < -0.39 is 11.5 Å². The van der Waals surface area contributed by atoms with Crippen molar-refractivity contribution in [1.29, 1.82) is 0 Å². The van der Waals surface area contributed by atoms with Crippen molar-refractivity contribution < 1.29 is 14.1 Å². The van der Waals surface area contributed by atoms with E-state index in [2.05, 4.69) is 10.6 Å². The van der Waals surface area contributed by atoms with Gasteiger partial charge in [0.25, 0.3) is 5.91 Å². The number of benzene rings is 1. The zero-order valence-electron chi connectivity index (χ0n) is 12.4. The van der Waals surface area contributed by atoms with Crippen LogP contribution >= 0.6 is 0 Å². The van der Waals surface area contributed by atoms with Crippen LogP contribution in [-0.4, -0.2) is 29.6 Å². The third kappa shape index (κ3) is 3.43. The first-order valence-corrected chi connectivity index (χ1v) is 6.79. The topological polar surface area (TPSA) is 93.3 Å². The molecule has 0 aliphatic heterocycles. The molecule has 116 valence electrons. The van der Waals surface area contributed by atoms with Gasteiger partial charge in [-0.2, -0.15) is 0 Å². The number of carbonyl (C=O) groups is 2. The van der Waals surface area contributed by atoms with E-state index in [0.717, 1.165) is 0 Å². The molecule has 2 N–H and O–H groups in total. The average Bonchev–Trinajstić information content (AvgIpc) is 2.78. The number of hydrogen-bond acceptors (Lipinski definition) is 4. The van der Waals surface area contributed by atoms with Crippen molar-refractivity contribution in [3.63, 3.8) is 0 Å². The van der Waals surface area contributed by atoms with Gasteiger partial charge in [-0.1, -0.05) is 30.3 Å². The van der Waals surface area contributed by atoms with Crippen molar-refractivity contribution in [3.05, 3.63) is 46.3 Å². The molecule has 0 fully saturated rings. The lowest BCUT2D eigenvalue weighted by Gasteiger charge is -2.06. The molecule has 2 aromatic rings. The molecular weight excluding hydrogens is 286 g/mol. The Morgan fingerprint density at radius 1 is 1.14 bits per heavy atom. The van der Waals surface area contributed by atoms with Crippen molar-refractivity contribution in [1.82, 2.24) is 15.4 Å². The Kier molecular flexibility index (Phi) is 4.77. The second-order valence-corrected chi connectivity index (χ2v) is 4.70. The highest BCUT2D eigenvalue weighted by molar-refractivity contribution is 5.99. The van der Waals surface area contributed by atoms with Crippen LogP contribution in [0.2, 0.25) is 0 Å². The van der Waals surface area contributed by atoms with Gasteiger partial charge in [-0.3, -0.25) is 9.59 Å². The fourth-order valence-corrected chi connectivity index (χ4v) is 2.10. The molecule has 0 bridgehead atoms. The van der Waals surface area contributed by atoms with E-state index in [4.69, 9.17) is 4.52 Å². The molecule has 2 rings (SSSR count). The minimum Gasteiger partial charge on any atom is -0.355 e. The molecule has 7 nitrogen and oxygen atoms in total. The zero-order valence-corrected chi connectivity index (χ0v) is 12.4. The summed E-state index contributed by atoms with van der Waals surface area (Å²) in [7, 11) is 1.57. The summed E-state index contributed by atoms with van der Waals surface area (Å²) in [6.45, 7) is 1.90. The highest BCUT2D eigenvalue weighted by Gasteiger charge is 2.23. The van der Waals surface area contributed by atoms with E-state index in [1.54, 1.807) is 19.2 Å². The molecule has 1 aromatic carbocycles. The number of aryl methyl sites for hydroxylation is 1. The maximum Gasteiger partial charge on any atom is 0.370 e. The van der Waals surface area contributed by atoms with E-state index in [1.807, 2.05) is 18.2 Å². The summed E-state index contributed by atoms with van der Waals surface area (Å²) < 4.78 is 6.27. The number of rotatable bonds is 5. The minimum absolute atomic E-state index is 0.0449. The lowest BCUT2D eigenvalue weighted by Crippen LogP contribution is -2.35. The van der Waals surface area contributed by atoms with Crippen LogP contribution in [0, 0.1) is 0 Å². The first-order chi connectivity index (χ1) is 10.5. The average molecular weight is 303 g/mol. The molecule has 7 heteroatoms. The van der Waals surface area contributed by atoms with E-state index in [9.17, 15) is 14.4 Å². The van der Waals surface area contributed by atoms with Crippen LogP contribution in [-0.2, 0) is 11.8 Å². The predicted molar refractivity (Wildman–Crippen MR) is 80.4 cm³/mol. The van der Waals surface area contributed by atoms with Crippen molar-refractivity contribution in [2.24, 2.45) is 7.05 Å². The SMILES string of the molecule is CC(=O)NCCNC(=O)c1c(-c2ccccc2)n(C)oc1=O. The molecule has 1 heterocycles. The van der Waals surface area contributed by atoms with E-state index in [-0.39, 0.29) is 18.0 Å². The van der Waals surface area contributed by atoms with Crippen molar-refractivity contribution in [2.45, 2.75) is 6.92 Å². The van der Waals surface area contributed by atoms with Crippen molar-refractivity contribution in [3.8, 4) is 11.3 Å². The maximum absolute atomic E-state index is 12.2. The predicted octanol–water partition coefficient (Wildman–Crippen LogP) is 0.511. The second-order valence-electron chi connectivity index (χ2n) is 4.70. The van der Waals surface area contributed by atoms with Gasteiger partial charge in [-0.05, 0) is 0 Å². The number of aromatic nitrogens is 1. The largest absolute Gasteiger partial charge is 0.370 e. The Balaban J connectivity index is 2.22. The van der Waals surface area contributed by atoms with Crippen LogP contribution in [0.1, 0.15) is 17.3 Å². The van der Waals surface area contributed by atoms with Crippen LogP contribution in [0.4, 0.5) is 0 Å². The number of nitrogens with zero attached hydrogens (tertiary/aromatic N) is 1. The Morgan fingerprint density at radius 3 is 2.41 bits per heavy atom. The fraction of sp³-hybridized carbons (Fsp3) is 0.267. The van der Waals surface area contributed by atoms with Crippen LogP contribution in [0.25, 0.3) is 11.3 Å². The van der Waals surface area contributed by atoms with E-state index in [1.165, 1.54) is 11.7 Å². The summed E-state index contributed by atoms with van der Waals surface area (Å²) >= 11 is 0. The van der Waals surface area contributed by atoms with Crippen LogP contribution in [0.15, 0.2) is 39.6 Å². The summed E-state index contributed by atoms with van der Waals surface area (Å²) in [6.07, 6.45) is 0. The van der Waals surface area contributed by atoms with Gasteiger partial charge in [0.15, 0.2) is 5.56 Å². The maximum atomic E-state index is 12.2. The lowest BCUT2D eigenvalue weighted by atomic mass is 10.1. The van der Waals surface area contributed by atoms with Gasteiger partial charge in [-0.15, -0.1) is 0 Å². The molecule has 2 amide bonds. The standard InChI is InChI=1S/C15H17N3O4/c1-10(19)16-8-9-17-14(20)12-13(18(2)22-15(12)21)11-6-4-3-5-7-11/h3-7H,8-9H2,1-2H3,(H,16,19)(H,17,20). The molecule has 22 heavy (non-hydrogen) atoms. The van der Waals surface area contributed by atoms with Gasteiger partial charge in [-0.25, -0.2) is 9.53 Å². The van der Waals surface area contributed by atoms with Gasteiger partial charge >= 0.3 is 5.63 Å². The Bertz CT molecular complexity index is 731. The molecule has 0 spiro atoms. The van der Waals surface area contributed by atoms with Crippen molar-refractivity contribution in [2.75, 3.05) is 13.1 Å². The highest BCUT2D eigenvalue weighted by Crippen LogP contribution is 2.21. The Hall–Kier alpha value is -2.83. The number of nitrogens with one attached hydrogen (secondary N) is 2. The summed E-state index contributed by atoms with van der Waals surface area (Å²) in [5, 5.41) is 5.15. The fourth-order valence-electron chi connectivity index (χ4n) is 2.10. The number of carbonyl (C=O) groups excluding carboxylic acids is 2. The molecule has 0 aliphatic rings. The zero-order chi connectivity index (χ0) is 16.1. The van der Waals surface area contributed by atoms with Gasteiger partial charge in [0, 0.05) is 32.6 Å². The summed E-state index contributed by atoms with van der Waals surface area (Å²) in [6, 6.07) is 9.04. The van der Waals surface area contributed by atoms with Crippen LogP contribution < -0.4 is 16.3 Å². The molecule has 0 aliphatic carbocycles. The van der Waals surface area contributed by atoms with Gasteiger partial charge in [0.05, 0.1) is 0 Å². The number of amides is 2. The smallest absolute Gasteiger partial charge is 0.355 e. The normalized spacial score (nSPS) is 10.3. The molecular formula is C15H17N3O4. The second kappa shape index (κ2) is 6.75. The molecule has 0 saturated heterocycles. The molecule has 0 atom stereocenters. The Morgan fingerprint density at radius 2 is 1.77 bits per heavy atom. The minimum atomic E-state index is -0.696. The molecule has 1 aromatic heterocycles. The van der Waals surface area contributed by atoms with Crippen molar-refractivity contribution >= 4 is 11.8 Å². The van der Waals surface area contributed by atoms with Gasteiger partial charge < -0.3 is 15.2 Å². The molecule has 0 unspecified atom stereocenters. The monoisotopic (exact) mass is 303 g/mol. The van der Waals surface area contributed by atoms with E-state index in [0.29, 0.717) is 17.8 Å². The summed E-state index contributed by atoms with van der Waals surface area (Å²) in [5.74, 6) is -0.711. The van der Waals surface area contributed by atoms with Crippen LogP contribution in [0.3, 0.4) is 0 Å². The van der Waals surface area contributed by atoms with Gasteiger partial charge in [0.2, 0.25) is 5.91 Å².